The Morgan fingerprint density at radius 3 is 2.60 bits per heavy atom. The number of ether oxygens (including phenoxy) is 2. The molecule has 4 heterocycles. The predicted molar refractivity (Wildman–Crippen MR) is 116 cm³/mol. The molecule has 0 spiro atoms. The van der Waals surface area contributed by atoms with E-state index in [9.17, 15) is 4.79 Å². The van der Waals surface area contributed by atoms with Crippen LogP contribution in [0.5, 0.6) is 0 Å². The van der Waals surface area contributed by atoms with Gasteiger partial charge < -0.3 is 19.4 Å². The number of piperidine rings is 1. The molecule has 164 valence electrons. The first kappa shape index (κ1) is 21.1. The summed E-state index contributed by atoms with van der Waals surface area (Å²) in [7, 11) is 0. The molecule has 2 aromatic rings. The lowest BCUT2D eigenvalue weighted by molar-refractivity contribution is -0.0620. The summed E-state index contributed by atoms with van der Waals surface area (Å²) in [6.07, 6.45) is 5.54. The summed E-state index contributed by atoms with van der Waals surface area (Å²) >= 11 is 0. The number of hydrogen-bond donors (Lipinski definition) is 1. The number of imidazole rings is 1. The van der Waals surface area contributed by atoms with Gasteiger partial charge in [-0.25, -0.2) is 14.8 Å². The van der Waals surface area contributed by atoms with Crippen molar-refractivity contribution >= 4 is 17.3 Å². The molecule has 2 aliphatic rings. The Morgan fingerprint density at radius 1 is 1.23 bits per heavy atom. The lowest BCUT2D eigenvalue weighted by Crippen LogP contribution is -2.41. The summed E-state index contributed by atoms with van der Waals surface area (Å²) in [6.45, 7) is 12.1. The van der Waals surface area contributed by atoms with E-state index in [0.717, 1.165) is 42.7 Å². The number of amides is 1. The quantitative estimate of drug-likeness (QED) is 0.767. The Labute approximate surface area is 178 Å². The molecular formula is C23H34N4O3. The van der Waals surface area contributed by atoms with Crippen LogP contribution < -0.4 is 0 Å². The first-order valence-electron chi connectivity index (χ1n) is 11.1. The summed E-state index contributed by atoms with van der Waals surface area (Å²) in [5.41, 5.74) is 2.55. The van der Waals surface area contributed by atoms with E-state index in [1.54, 1.807) is 0 Å². The molecule has 4 rings (SSSR count). The van der Waals surface area contributed by atoms with Gasteiger partial charge in [-0.05, 0) is 77.8 Å². The van der Waals surface area contributed by atoms with Crippen LogP contribution in [0, 0.1) is 0 Å². The number of likely N-dealkylation sites (tertiary alicyclic amines) is 1. The summed E-state index contributed by atoms with van der Waals surface area (Å²) in [5, 5.41) is 0. The number of fused-ring (bicyclic) bond motifs is 1. The molecule has 2 saturated heterocycles. The average Bonchev–Trinajstić information content (AvgIpc) is 3.11. The van der Waals surface area contributed by atoms with E-state index in [0.29, 0.717) is 25.6 Å². The molecule has 1 N–H and O–H groups in total. The minimum absolute atomic E-state index is 0.0476. The van der Waals surface area contributed by atoms with E-state index in [1.807, 2.05) is 31.9 Å². The van der Waals surface area contributed by atoms with Gasteiger partial charge in [-0.1, -0.05) is 0 Å². The Bertz CT molecular complexity index is 897. The zero-order valence-corrected chi connectivity index (χ0v) is 18.8. The van der Waals surface area contributed by atoms with Gasteiger partial charge in [-0.2, -0.15) is 0 Å². The Morgan fingerprint density at radius 2 is 1.97 bits per heavy atom. The smallest absolute Gasteiger partial charge is 0.410 e. The van der Waals surface area contributed by atoms with Crippen LogP contribution in [-0.2, 0) is 9.47 Å². The lowest BCUT2D eigenvalue weighted by atomic mass is 9.89. The Kier molecular flexibility index (Phi) is 5.51. The second kappa shape index (κ2) is 7.84. The highest BCUT2D eigenvalue weighted by Gasteiger charge is 2.32. The molecule has 2 aliphatic heterocycles. The molecule has 1 atom stereocenters. The van der Waals surface area contributed by atoms with Crippen molar-refractivity contribution in [2.24, 2.45) is 0 Å². The second-order valence-electron chi connectivity index (χ2n) is 10.3. The van der Waals surface area contributed by atoms with E-state index in [-0.39, 0.29) is 17.6 Å². The topological polar surface area (TPSA) is 80.3 Å². The zero-order chi connectivity index (χ0) is 21.5. The summed E-state index contributed by atoms with van der Waals surface area (Å²) < 4.78 is 11.5. The molecule has 7 nitrogen and oxygen atoms in total. The highest BCUT2D eigenvalue weighted by Crippen LogP contribution is 2.35. The molecule has 0 aromatic carbocycles. The average molecular weight is 415 g/mol. The van der Waals surface area contributed by atoms with E-state index in [4.69, 9.17) is 14.5 Å². The van der Waals surface area contributed by atoms with Crippen molar-refractivity contribution < 1.29 is 14.3 Å². The fourth-order valence-electron chi connectivity index (χ4n) is 4.40. The van der Waals surface area contributed by atoms with Crippen molar-refractivity contribution in [2.75, 3.05) is 19.7 Å². The fourth-order valence-corrected chi connectivity index (χ4v) is 4.40. The predicted octanol–water partition coefficient (Wildman–Crippen LogP) is 4.75. The molecule has 0 saturated carbocycles. The third-order valence-electron chi connectivity index (χ3n) is 6.19. The van der Waals surface area contributed by atoms with E-state index in [1.165, 1.54) is 5.56 Å². The van der Waals surface area contributed by atoms with Crippen molar-refractivity contribution in [3.63, 3.8) is 0 Å². The summed E-state index contributed by atoms with van der Waals surface area (Å²) in [6, 6.07) is 2.10. The minimum Gasteiger partial charge on any atom is -0.444 e. The summed E-state index contributed by atoms with van der Waals surface area (Å²) in [4.78, 5) is 27.0. The molecule has 0 radical (unpaired) electrons. The molecule has 0 aliphatic carbocycles. The highest BCUT2D eigenvalue weighted by molar-refractivity contribution is 5.75. The molecule has 30 heavy (non-hydrogen) atoms. The Balaban J connectivity index is 1.46. The van der Waals surface area contributed by atoms with Crippen molar-refractivity contribution in [3.05, 3.63) is 23.7 Å². The van der Waals surface area contributed by atoms with Crippen LogP contribution in [0.2, 0.25) is 0 Å². The van der Waals surface area contributed by atoms with Crippen molar-refractivity contribution in [3.8, 4) is 0 Å². The van der Waals surface area contributed by atoms with Gasteiger partial charge in [0, 0.05) is 25.2 Å². The van der Waals surface area contributed by atoms with Crippen LogP contribution in [0.25, 0.3) is 11.2 Å². The molecule has 2 aromatic heterocycles. The number of hydrogen-bond acceptors (Lipinski definition) is 5. The maximum atomic E-state index is 12.4. The maximum Gasteiger partial charge on any atom is 0.410 e. The van der Waals surface area contributed by atoms with Gasteiger partial charge in [0.05, 0.1) is 17.7 Å². The normalized spacial score (nSPS) is 23.0. The Hall–Kier alpha value is -2.15. The monoisotopic (exact) mass is 414 g/mol. The molecule has 7 heteroatoms. The van der Waals surface area contributed by atoms with Gasteiger partial charge in [0.25, 0.3) is 0 Å². The first-order valence-corrected chi connectivity index (χ1v) is 11.1. The lowest BCUT2D eigenvalue weighted by Gasteiger charge is -2.34. The van der Waals surface area contributed by atoms with Crippen LogP contribution in [0.3, 0.4) is 0 Å². The van der Waals surface area contributed by atoms with Gasteiger partial charge in [0.1, 0.15) is 11.4 Å². The number of nitrogens with one attached hydrogen (secondary N) is 1. The molecule has 1 amide bonds. The van der Waals surface area contributed by atoms with Gasteiger partial charge in [-0.15, -0.1) is 0 Å². The SMILES string of the molecule is CC(C)(C)OC(=O)N1CCC(c2ccnc3nc(C4CCC(C)(C)OC4)[nH]c23)CC1. The van der Waals surface area contributed by atoms with Crippen LogP contribution in [0.4, 0.5) is 4.79 Å². The van der Waals surface area contributed by atoms with Crippen LogP contribution in [0.15, 0.2) is 12.3 Å². The molecule has 1 unspecified atom stereocenters. The van der Waals surface area contributed by atoms with Crippen LogP contribution >= 0.6 is 0 Å². The van der Waals surface area contributed by atoms with Crippen LogP contribution in [-0.4, -0.2) is 56.8 Å². The highest BCUT2D eigenvalue weighted by atomic mass is 16.6. The number of aromatic nitrogens is 3. The number of pyridine rings is 1. The van der Waals surface area contributed by atoms with Crippen LogP contribution in [0.1, 0.15) is 83.5 Å². The molecule has 0 bridgehead atoms. The molecule has 2 fully saturated rings. The first-order chi connectivity index (χ1) is 14.1. The van der Waals surface area contributed by atoms with Gasteiger partial charge in [-0.3, -0.25) is 0 Å². The van der Waals surface area contributed by atoms with Gasteiger partial charge in [0.2, 0.25) is 0 Å². The number of carbonyl (C=O) groups excluding carboxylic acids is 1. The van der Waals surface area contributed by atoms with E-state index >= 15 is 0 Å². The molecular weight excluding hydrogens is 380 g/mol. The number of rotatable bonds is 2. The summed E-state index contributed by atoms with van der Waals surface area (Å²) in [5.74, 6) is 1.64. The fraction of sp³-hybridized carbons (Fsp3) is 0.696. The van der Waals surface area contributed by atoms with Crippen molar-refractivity contribution in [2.45, 2.75) is 83.3 Å². The third kappa shape index (κ3) is 4.61. The number of H-pyrrole nitrogens is 1. The van der Waals surface area contributed by atoms with E-state index in [2.05, 4.69) is 29.9 Å². The van der Waals surface area contributed by atoms with Crippen molar-refractivity contribution in [1.82, 2.24) is 19.9 Å². The number of carbonyl (C=O) groups is 1. The van der Waals surface area contributed by atoms with Gasteiger partial charge >= 0.3 is 6.09 Å². The number of nitrogens with zero attached hydrogens (tertiary/aromatic N) is 3. The largest absolute Gasteiger partial charge is 0.444 e. The van der Waals surface area contributed by atoms with Crippen molar-refractivity contribution in [1.29, 1.82) is 0 Å². The third-order valence-corrected chi connectivity index (χ3v) is 6.19. The van der Waals surface area contributed by atoms with Gasteiger partial charge in [0.15, 0.2) is 5.65 Å². The second-order valence-corrected chi connectivity index (χ2v) is 10.3. The standard InChI is InChI=1S/C23H34N4O3/c1-22(2,3)30-21(28)27-12-8-15(9-13-27)17-7-11-24-20-18(17)25-19(26-20)16-6-10-23(4,5)29-14-16/h7,11,15-16H,6,8-10,12-14H2,1-5H3,(H,24,25,26). The van der Waals surface area contributed by atoms with E-state index < -0.39 is 5.60 Å². The number of aromatic amines is 1. The zero-order valence-electron chi connectivity index (χ0n) is 18.8. The maximum absolute atomic E-state index is 12.4. The minimum atomic E-state index is -0.463.